The molecule has 0 aromatic heterocycles. The van der Waals surface area contributed by atoms with Gasteiger partial charge >= 0.3 is 0 Å². The predicted molar refractivity (Wildman–Crippen MR) is 94.4 cm³/mol. The molecule has 1 amide bonds. The van der Waals surface area contributed by atoms with E-state index >= 15 is 0 Å². The van der Waals surface area contributed by atoms with Crippen molar-refractivity contribution >= 4 is 24.1 Å². The van der Waals surface area contributed by atoms with Crippen molar-refractivity contribution in [1.82, 2.24) is 10.2 Å². The van der Waals surface area contributed by atoms with Gasteiger partial charge in [-0.05, 0) is 25.1 Å². The number of benzene rings is 1. The molecule has 6 nitrogen and oxygen atoms in total. The van der Waals surface area contributed by atoms with Crippen LogP contribution in [0.4, 0.5) is 0 Å². The molecule has 1 aliphatic heterocycles. The summed E-state index contributed by atoms with van der Waals surface area (Å²) in [4.78, 5) is 26.4. The number of nitrogens with zero attached hydrogens (tertiary/aromatic N) is 1. The van der Waals surface area contributed by atoms with Crippen LogP contribution in [0.5, 0.6) is 11.5 Å². The van der Waals surface area contributed by atoms with Crippen LogP contribution < -0.4 is 14.8 Å². The number of ether oxygens (including phenoxy) is 2. The van der Waals surface area contributed by atoms with E-state index < -0.39 is 0 Å². The highest BCUT2D eigenvalue weighted by atomic mass is 35.5. The molecule has 1 fully saturated rings. The monoisotopic (exact) mass is 356 g/mol. The van der Waals surface area contributed by atoms with Crippen molar-refractivity contribution in [3.63, 3.8) is 0 Å². The summed E-state index contributed by atoms with van der Waals surface area (Å²) < 4.78 is 10.4. The largest absolute Gasteiger partial charge is 0.493 e. The minimum absolute atomic E-state index is 0. The van der Waals surface area contributed by atoms with Crippen molar-refractivity contribution < 1.29 is 19.1 Å². The van der Waals surface area contributed by atoms with E-state index in [0.717, 1.165) is 13.1 Å². The number of Topliss-reactive ketones (excluding diaryl/α,β-unsaturated/α-hetero) is 1. The highest BCUT2D eigenvalue weighted by molar-refractivity contribution is 5.98. The Morgan fingerprint density at radius 1 is 1.21 bits per heavy atom. The summed E-state index contributed by atoms with van der Waals surface area (Å²) in [5, 5.41) is 3.25. The number of methoxy groups -OCH3 is 2. The number of halogens is 1. The lowest BCUT2D eigenvalue weighted by Gasteiger charge is -2.34. The first-order valence-electron chi connectivity index (χ1n) is 7.82. The molecule has 1 aromatic carbocycles. The number of amides is 1. The standard InChI is InChI=1S/C17H24N2O4.ClH/c1-12-11-18-8-9-19(12)17(21)7-5-14(20)13-4-6-15(22-2)16(10-13)23-3;/h4,6,10,12,18H,5,7-9,11H2,1-3H3;1H/t12-;/m0./s1. The van der Waals surface area contributed by atoms with Gasteiger partial charge in [0.1, 0.15) is 0 Å². The third-order valence-corrected chi connectivity index (χ3v) is 4.09. The zero-order valence-electron chi connectivity index (χ0n) is 14.3. The molecule has 0 radical (unpaired) electrons. The lowest BCUT2D eigenvalue weighted by Crippen LogP contribution is -2.52. The maximum atomic E-state index is 12.3. The molecule has 0 bridgehead atoms. The third kappa shape index (κ3) is 4.85. The van der Waals surface area contributed by atoms with Gasteiger partial charge in [-0.2, -0.15) is 0 Å². The van der Waals surface area contributed by atoms with E-state index in [1.54, 1.807) is 25.3 Å². The van der Waals surface area contributed by atoms with Crippen LogP contribution in [0.25, 0.3) is 0 Å². The second-order valence-electron chi connectivity index (χ2n) is 5.63. The SMILES string of the molecule is COc1ccc(C(=O)CCC(=O)N2CCNC[C@@H]2C)cc1OC.Cl. The van der Waals surface area contributed by atoms with E-state index in [-0.39, 0.29) is 43.0 Å². The minimum atomic E-state index is -0.0675. The number of carbonyl (C=O) groups excluding carboxylic acids is 2. The Kier molecular flexibility index (Phi) is 8.01. The number of carbonyl (C=O) groups is 2. The zero-order valence-corrected chi connectivity index (χ0v) is 15.1. The Balaban J connectivity index is 0.00000288. The average Bonchev–Trinajstić information content (AvgIpc) is 2.59. The number of nitrogens with one attached hydrogen (secondary N) is 1. The molecule has 1 N–H and O–H groups in total. The van der Waals surface area contributed by atoms with Crippen LogP contribution in [0, 0.1) is 0 Å². The van der Waals surface area contributed by atoms with E-state index in [1.165, 1.54) is 7.11 Å². The van der Waals surface area contributed by atoms with E-state index in [1.807, 2.05) is 11.8 Å². The number of piperazine rings is 1. The molecule has 24 heavy (non-hydrogen) atoms. The van der Waals surface area contributed by atoms with Gasteiger partial charge in [0.15, 0.2) is 17.3 Å². The highest BCUT2D eigenvalue weighted by Gasteiger charge is 2.23. The van der Waals surface area contributed by atoms with E-state index in [4.69, 9.17) is 9.47 Å². The summed E-state index contributed by atoms with van der Waals surface area (Å²) in [5.41, 5.74) is 0.531. The van der Waals surface area contributed by atoms with Gasteiger partial charge in [0.2, 0.25) is 5.91 Å². The first kappa shape index (κ1) is 20.3. The van der Waals surface area contributed by atoms with Crippen LogP contribution in [0.3, 0.4) is 0 Å². The number of hydrogen-bond acceptors (Lipinski definition) is 5. The van der Waals surface area contributed by atoms with Gasteiger partial charge in [0.25, 0.3) is 0 Å². The topological polar surface area (TPSA) is 67.9 Å². The summed E-state index contributed by atoms with van der Waals surface area (Å²) in [5.74, 6) is 1.06. The summed E-state index contributed by atoms with van der Waals surface area (Å²) in [6.45, 7) is 4.32. The highest BCUT2D eigenvalue weighted by Crippen LogP contribution is 2.28. The minimum Gasteiger partial charge on any atom is -0.493 e. The summed E-state index contributed by atoms with van der Waals surface area (Å²) in [6, 6.07) is 5.22. The van der Waals surface area contributed by atoms with E-state index in [2.05, 4.69) is 5.32 Å². The lowest BCUT2D eigenvalue weighted by molar-refractivity contribution is -0.133. The van der Waals surface area contributed by atoms with Crippen molar-refractivity contribution in [2.45, 2.75) is 25.8 Å². The smallest absolute Gasteiger partial charge is 0.223 e. The fraction of sp³-hybridized carbons (Fsp3) is 0.529. The van der Waals surface area contributed by atoms with Crippen LogP contribution >= 0.6 is 12.4 Å². The fourth-order valence-electron chi connectivity index (χ4n) is 2.73. The summed E-state index contributed by atoms with van der Waals surface area (Å²) in [6.07, 6.45) is 0.433. The Bertz CT molecular complexity index is 580. The molecule has 0 saturated carbocycles. The second kappa shape index (κ2) is 9.49. The summed E-state index contributed by atoms with van der Waals surface area (Å²) >= 11 is 0. The normalized spacial score (nSPS) is 17.0. The van der Waals surface area contributed by atoms with E-state index in [9.17, 15) is 9.59 Å². The van der Waals surface area contributed by atoms with Crippen LogP contribution in [-0.4, -0.2) is 56.5 Å². The van der Waals surface area contributed by atoms with Crippen LogP contribution in [0.2, 0.25) is 0 Å². The van der Waals surface area contributed by atoms with Crippen molar-refractivity contribution in [1.29, 1.82) is 0 Å². The van der Waals surface area contributed by atoms with Gasteiger partial charge in [-0.25, -0.2) is 0 Å². The number of ketones is 1. The molecule has 134 valence electrons. The van der Waals surface area contributed by atoms with Crippen LogP contribution in [0.1, 0.15) is 30.1 Å². The van der Waals surface area contributed by atoms with Gasteiger partial charge < -0.3 is 19.7 Å². The molecule has 1 atom stereocenters. The molecule has 2 rings (SSSR count). The number of rotatable bonds is 6. The molecule has 1 aliphatic rings. The Hall–Kier alpha value is -1.79. The second-order valence-corrected chi connectivity index (χ2v) is 5.63. The van der Waals surface area contributed by atoms with Crippen molar-refractivity contribution in [2.75, 3.05) is 33.9 Å². The average molecular weight is 357 g/mol. The maximum Gasteiger partial charge on any atom is 0.223 e. The van der Waals surface area contributed by atoms with Gasteiger partial charge in [0, 0.05) is 44.1 Å². The summed E-state index contributed by atoms with van der Waals surface area (Å²) in [7, 11) is 3.08. The van der Waals surface area contributed by atoms with Gasteiger partial charge in [-0.3, -0.25) is 9.59 Å². The Labute approximate surface area is 148 Å². The Morgan fingerprint density at radius 3 is 2.54 bits per heavy atom. The molecular formula is C17H25ClN2O4. The van der Waals surface area contributed by atoms with Crippen LogP contribution in [0.15, 0.2) is 18.2 Å². The quantitative estimate of drug-likeness (QED) is 0.788. The van der Waals surface area contributed by atoms with Gasteiger partial charge in [-0.1, -0.05) is 0 Å². The molecule has 0 spiro atoms. The first-order chi connectivity index (χ1) is 11.1. The zero-order chi connectivity index (χ0) is 16.8. The third-order valence-electron chi connectivity index (χ3n) is 4.09. The number of hydrogen-bond donors (Lipinski definition) is 1. The Morgan fingerprint density at radius 2 is 1.92 bits per heavy atom. The van der Waals surface area contributed by atoms with Crippen LogP contribution in [-0.2, 0) is 4.79 Å². The molecule has 0 aliphatic carbocycles. The molecule has 1 aromatic rings. The lowest BCUT2D eigenvalue weighted by atomic mass is 10.0. The first-order valence-corrected chi connectivity index (χ1v) is 7.82. The van der Waals surface area contributed by atoms with Crippen molar-refractivity contribution in [3.05, 3.63) is 23.8 Å². The molecule has 7 heteroatoms. The molecular weight excluding hydrogens is 332 g/mol. The maximum absolute atomic E-state index is 12.3. The molecule has 1 heterocycles. The van der Waals surface area contributed by atoms with E-state index in [0.29, 0.717) is 23.6 Å². The molecule has 1 saturated heterocycles. The van der Waals surface area contributed by atoms with Crippen molar-refractivity contribution in [3.8, 4) is 11.5 Å². The van der Waals surface area contributed by atoms with Gasteiger partial charge in [0.05, 0.1) is 14.2 Å². The van der Waals surface area contributed by atoms with Crippen molar-refractivity contribution in [2.24, 2.45) is 0 Å². The predicted octanol–water partition coefficient (Wildman–Crippen LogP) is 1.91. The molecule has 0 unspecified atom stereocenters. The van der Waals surface area contributed by atoms with Gasteiger partial charge in [-0.15, -0.1) is 12.4 Å². The fourth-order valence-corrected chi connectivity index (χ4v) is 2.73.